The second-order valence-corrected chi connectivity index (χ2v) is 2.72. The van der Waals surface area contributed by atoms with Crippen molar-refractivity contribution in [3.05, 3.63) is 34.9 Å². The molecule has 1 rings (SSSR count). The number of carbonyl (C=O) groups is 1. The molecular weight excluding hydrogens is 176 g/mol. The molecule has 0 radical (unpaired) electrons. The third kappa shape index (κ3) is 1.84. The number of hydrogen-bond donors (Lipinski definition) is 0. The largest absolute Gasteiger partial charge is 0.369 e. The summed E-state index contributed by atoms with van der Waals surface area (Å²) in [5.41, 5.74) is 0.705. The Bertz CT molecular complexity index is 273. The Kier molecular flexibility index (Phi) is 3.26. The van der Waals surface area contributed by atoms with E-state index in [-0.39, 0.29) is 0 Å². The fraction of sp³-hybridized carbons (Fsp3) is 0.222. The molecule has 12 heavy (non-hydrogen) atoms. The Morgan fingerprint density at radius 2 is 2.17 bits per heavy atom. The molecule has 0 aliphatic heterocycles. The lowest BCUT2D eigenvalue weighted by atomic mass is 10.1. The normalized spacial score (nSPS) is 12.5. The maximum absolute atomic E-state index is 10.5. The highest BCUT2D eigenvalue weighted by Gasteiger charge is 2.11. The zero-order valence-corrected chi connectivity index (χ0v) is 7.41. The van der Waals surface area contributed by atoms with Crippen LogP contribution in [0.1, 0.15) is 11.7 Å². The second-order valence-electron chi connectivity index (χ2n) is 2.31. The summed E-state index contributed by atoms with van der Waals surface area (Å²) >= 11 is 5.84. The van der Waals surface area contributed by atoms with E-state index in [0.29, 0.717) is 10.6 Å². The molecule has 0 bridgehead atoms. The van der Waals surface area contributed by atoms with Gasteiger partial charge in [-0.25, -0.2) is 0 Å². The first-order valence-corrected chi connectivity index (χ1v) is 3.90. The minimum Gasteiger partial charge on any atom is -0.369 e. The number of hydrogen-bond acceptors (Lipinski definition) is 2. The highest BCUT2D eigenvalue weighted by atomic mass is 35.5. The van der Waals surface area contributed by atoms with E-state index in [1.807, 2.05) is 12.1 Å². The van der Waals surface area contributed by atoms with Crippen LogP contribution in [-0.4, -0.2) is 13.4 Å². The molecule has 0 amide bonds. The van der Waals surface area contributed by atoms with Crippen molar-refractivity contribution in [1.29, 1.82) is 0 Å². The predicted molar refractivity (Wildman–Crippen MR) is 47.3 cm³/mol. The van der Waals surface area contributed by atoms with Gasteiger partial charge in [0.25, 0.3) is 0 Å². The smallest absolute Gasteiger partial charge is 0.153 e. The molecule has 0 aliphatic rings. The first-order chi connectivity index (χ1) is 5.79. The van der Waals surface area contributed by atoms with Gasteiger partial charge in [0, 0.05) is 17.7 Å². The van der Waals surface area contributed by atoms with Crippen LogP contribution in [0.3, 0.4) is 0 Å². The van der Waals surface area contributed by atoms with Gasteiger partial charge in [0.1, 0.15) is 6.10 Å². The van der Waals surface area contributed by atoms with E-state index in [1.54, 1.807) is 12.1 Å². The van der Waals surface area contributed by atoms with Gasteiger partial charge in [0.05, 0.1) is 0 Å². The van der Waals surface area contributed by atoms with Crippen molar-refractivity contribution in [1.82, 2.24) is 0 Å². The number of carbonyl (C=O) groups excluding carboxylic acids is 1. The summed E-state index contributed by atoms with van der Waals surface area (Å²) in [6.07, 6.45) is 0.167. The number of benzene rings is 1. The molecule has 3 heteroatoms. The van der Waals surface area contributed by atoms with E-state index in [9.17, 15) is 4.79 Å². The molecule has 1 aromatic rings. The van der Waals surface area contributed by atoms with Crippen molar-refractivity contribution in [3.8, 4) is 0 Å². The molecule has 0 saturated carbocycles. The van der Waals surface area contributed by atoms with E-state index in [4.69, 9.17) is 16.3 Å². The molecule has 2 nitrogen and oxygen atoms in total. The topological polar surface area (TPSA) is 26.3 Å². The van der Waals surface area contributed by atoms with Crippen LogP contribution in [-0.2, 0) is 9.53 Å². The summed E-state index contributed by atoms with van der Waals surface area (Å²) in [5.74, 6) is 0. The minimum absolute atomic E-state index is 0.552. The van der Waals surface area contributed by atoms with Crippen molar-refractivity contribution < 1.29 is 9.53 Å². The maximum Gasteiger partial charge on any atom is 0.153 e. The van der Waals surface area contributed by atoms with Crippen molar-refractivity contribution in [2.75, 3.05) is 7.11 Å². The molecule has 0 fully saturated rings. The number of ether oxygens (including phenoxy) is 1. The Morgan fingerprint density at radius 1 is 1.50 bits per heavy atom. The summed E-state index contributed by atoms with van der Waals surface area (Å²) in [6.45, 7) is 0. The molecule has 0 N–H and O–H groups in total. The van der Waals surface area contributed by atoms with Gasteiger partial charge in [-0.1, -0.05) is 29.8 Å². The molecule has 0 unspecified atom stereocenters. The third-order valence-electron chi connectivity index (χ3n) is 1.59. The molecular formula is C9H9ClO2. The maximum atomic E-state index is 10.5. The van der Waals surface area contributed by atoms with Gasteiger partial charge < -0.3 is 9.53 Å². The van der Waals surface area contributed by atoms with Crippen LogP contribution in [0.2, 0.25) is 5.02 Å². The van der Waals surface area contributed by atoms with E-state index in [0.717, 1.165) is 6.29 Å². The summed E-state index contributed by atoms with van der Waals surface area (Å²) in [6, 6.07) is 7.12. The van der Waals surface area contributed by atoms with Crippen molar-refractivity contribution in [2.24, 2.45) is 0 Å². The van der Waals surface area contributed by atoms with Crippen LogP contribution in [0.25, 0.3) is 0 Å². The van der Waals surface area contributed by atoms with Gasteiger partial charge in [0.15, 0.2) is 6.29 Å². The van der Waals surface area contributed by atoms with E-state index < -0.39 is 6.10 Å². The van der Waals surface area contributed by atoms with Crippen LogP contribution in [0.15, 0.2) is 24.3 Å². The first kappa shape index (κ1) is 9.23. The predicted octanol–water partition coefficient (Wildman–Crippen LogP) is 2.23. The number of halogens is 1. The quantitative estimate of drug-likeness (QED) is 0.674. The number of aldehydes is 1. The molecule has 1 aromatic carbocycles. The standard InChI is InChI=1S/C9H9ClO2/c1-12-9(6-11)7-4-2-3-5-8(7)10/h2-6,9H,1H3/t9-/m0/s1. The fourth-order valence-corrected chi connectivity index (χ4v) is 1.20. The molecule has 1 atom stereocenters. The molecule has 0 heterocycles. The molecule has 0 spiro atoms. The summed E-state index contributed by atoms with van der Waals surface area (Å²) < 4.78 is 4.91. The molecule has 0 aromatic heterocycles. The van der Waals surface area contributed by atoms with Crippen molar-refractivity contribution in [2.45, 2.75) is 6.10 Å². The highest BCUT2D eigenvalue weighted by Crippen LogP contribution is 2.22. The van der Waals surface area contributed by atoms with Gasteiger partial charge in [-0.05, 0) is 6.07 Å². The average molecular weight is 185 g/mol. The lowest BCUT2D eigenvalue weighted by molar-refractivity contribution is -0.116. The Balaban J connectivity index is 3.00. The Morgan fingerprint density at radius 3 is 2.67 bits per heavy atom. The fourth-order valence-electron chi connectivity index (χ4n) is 0.962. The molecule has 0 aliphatic carbocycles. The lowest BCUT2D eigenvalue weighted by Crippen LogP contribution is -2.02. The van der Waals surface area contributed by atoms with Crippen LogP contribution in [0, 0.1) is 0 Å². The zero-order valence-electron chi connectivity index (χ0n) is 6.66. The SMILES string of the molecule is CO[C@@H](C=O)c1ccccc1Cl. The summed E-state index contributed by atoms with van der Waals surface area (Å²) in [4.78, 5) is 10.5. The number of methoxy groups -OCH3 is 1. The Hall–Kier alpha value is -0.860. The third-order valence-corrected chi connectivity index (χ3v) is 1.93. The van der Waals surface area contributed by atoms with E-state index >= 15 is 0 Å². The van der Waals surface area contributed by atoms with Crippen LogP contribution >= 0.6 is 11.6 Å². The van der Waals surface area contributed by atoms with Gasteiger partial charge in [-0.3, -0.25) is 0 Å². The zero-order chi connectivity index (χ0) is 8.97. The summed E-state index contributed by atoms with van der Waals surface area (Å²) in [5, 5.41) is 0.552. The molecule has 64 valence electrons. The van der Waals surface area contributed by atoms with E-state index in [1.165, 1.54) is 7.11 Å². The molecule has 0 saturated heterocycles. The van der Waals surface area contributed by atoms with Crippen molar-refractivity contribution in [3.63, 3.8) is 0 Å². The minimum atomic E-state index is -0.557. The average Bonchev–Trinajstić information content (AvgIpc) is 2.10. The van der Waals surface area contributed by atoms with Crippen molar-refractivity contribution >= 4 is 17.9 Å². The van der Waals surface area contributed by atoms with Gasteiger partial charge >= 0.3 is 0 Å². The van der Waals surface area contributed by atoms with Crippen LogP contribution in [0.4, 0.5) is 0 Å². The van der Waals surface area contributed by atoms with E-state index in [2.05, 4.69) is 0 Å². The van der Waals surface area contributed by atoms with Crippen LogP contribution < -0.4 is 0 Å². The van der Waals surface area contributed by atoms with Crippen LogP contribution in [0.5, 0.6) is 0 Å². The second kappa shape index (κ2) is 4.24. The monoisotopic (exact) mass is 184 g/mol. The van der Waals surface area contributed by atoms with Gasteiger partial charge in [0.2, 0.25) is 0 Å². The number of rotatable bonds is 3. The highest BCUT2D eigenvalue weighted by molar-refractivity contribution is 6.31. The summed E-state index contributed by atoms with van der Waals surface area (Å²) in [7, 11) is 1.47. The Labute approximate surface area is 76.1 Å². The lowest BCUT2D eigenvalue weighted by Gasteiger charge is -2.09. The first-order valence-electron chi connectivity index (χ1n) is 3.52. The van der Waals surface area contributed by atoms with Gasteiger partial charge in [-0.2, -0.15) is 0 Å². The van der Waals surface area contributed by atoms with Gasteiger partial charge in [-0.15, -0.1) is 0 Å².